The number of carbonyl (C=O) groups excluding carboxylic acids is 1. The molecule has 2 aromatic rings. The SMILES string of the molecule is CCOc1ccc(Oc2ccc(NC(=O)C3CC3)cc2)cc1. The molecule has 0 aromatic heterocycles. The van der Waals surface area contributed by atoms with Crippen LogP contribution in [0.2, 0.25) is 0 Å². The highest BCUT2D eigenvalue weighted by atomic mass is 16.5. The zero-order chi connectivity index (χ0) is 15.4. The average Bonchev–Trinajstić information content (AvgIpc) is 3.36. The van der Waals surface area contributed by atoms with E-state index < -0.39 is 0 Å². The Morgan fingerprint density at radius 2 is 1.55 bits per heavy atom. The minimum absolute atomic E-state index is 0.111. The van der Waals surface area contributed by atoms with Crippen LogP contribution in [-0.2, 0) is 4.79 Å². The summed E-state index contributed by atoms with van der Waals surface area (Å²) in [6, 6.07) is 14.9. The first kappa shape index (κ1) is 14.4. The monoisotopic (exact) mass is 297 g/mol. The molecule has 1 amide bonds. The van der Waals surface area contributed by atoms with Gasteiger partial charge in [-0.25, -0.2) is 0 Å². The topological polar surface area (TPSA) is 47.6 Å². The molecule has 0 unspecified atom stereocenters. The molecule has 0 spiro atoms. The van der Waals surface area contributed by atoms with Crippen molar-refractivity contribution < 1.29 is 14.3 Å². The van der Waals surface area contributed by atoms with Crippen LogP contribution in [0.3, 0.4) is 0 Å². The Bertz CT molecular complexity index is 630. The second kappa shape index (κ2) is 6.52. The van der Waals surface area contributed by atoms with E-state index in [9.17, 15) is 4.79 Å². The predicted molar refractivity (Wildman–Crippen MR) is 85.5 cm³/mol. The first-order valence-corrected chi connectivity index (χ1v) is 7.56. The van der Waals surface area contributed by atoms with Crippen LogP contribution >= 0.6 is 0 Å². The van der Waals surface area contributed by atoms with Gasteiger partial charge in [0.2, 0.25) is 5.91 Å². The molecule has 4 heteroatoms. The number of amides is 1. The Balaban J connectivity index is 1.59. The lowest BCUT2D eigenvalue weighted by Gasteiger charge is -2.09. The van der Waals surface area contributed by atoms with Gasteiger partial charge in [0.05, 0.1) is 6.61 Å². The van der Waals surface area contributed by atoms with E-state index in [1.807, 2.05) is 55.5 Å². The summed E-state index contributed by atoms with van der Waals surface area (Å²) in [4.78, 5) is 11.7. The maximum Gasteiger partial charge on any atom is 0.227 e. The van der Waals surface area contributed by atoms with Gasteiger partial charge in [0.25, 0.3) is 0 Å². The molecule has 114 valence electrons. The highest BCUT2D eigenvalue weighted by Crippen LogP contribution is 2.30. The lowest BCUT2D eigenvalue weighted by molar-refractivity contribution is -0.117. The molecular weight excluding hydrogens is 278 g/mol. The average molecular weight is 297 g/mol. The smallest absolute Gasteiger partial charge is 0.227 e. The highest BCUT2D eigenvalue weighted by Gasteiger charge is 2.29. The molecule has 2 aromatic carbocycles. The van der Waals surface area contributed by atoms with Crippen molar-refractivity contribution in [2.75, 3.05) is 11.9 Å². The minimum atomic E-state index is 0.111. The van der Waals surface area contributed by atoms with Crippen LogP contribution in [0.5, 0.6) is 17.2 Å². The Labute approximate surface area is 130 Å². The Kier molecular flexibility index (Phi) is 4.28. The van der Waals surface area contributed by atoms with Crippen LogP contribution in [0.15, 0.2) is 48.5 Å². The summed E-state index contributed by atoms with van der Waals surface area (Å²) in [6.07, 6.45) is 2.01. The van der Waals surface area contributed by atoms with Crippen LogP contribution in [0.25, 0.3) is 0 Å². The number of hydrogen-bond donors (Lipinski definition) is 1. The van der Waals surface area contributed by atoms with Crippen molar-refractivity contribution in [2.45, 2.75) is 19.8 Å². The van der Waals surface area contributed by atoms with Crippen molar-refractivity contribution in [3.8, 4) is 17.2 Å². The third kappa shape index (κ3) is 3.79. The largest absolute Gasteiger partial charge is 0.494 e. The molecule has 0 radical (unpaired) electrons. The van der Waals surface area contributed by atoms with E-state index in [-0.39, 0.29) is 11.8 Å². The number of benzene rings is 2. The molecule has 0 saturated heterocycles. The zero-order valence-electron chi connectivity index (χ0n) is 12.5. The van der Waals surface area contributed by atoms with Gasteiger partial charge in [0.15, 0.2) is 0 Å². The zero-order valence-corrected chi connectivity index (χ0v) is 12.5. The maximum atomic E-state index is 11.7. The van der Waals surface area contributed by atoms with E-state index in [0.29, 0.717) is 6.61 Å². The Hall–Kier alpha value is -2.49. The van der Waals surface area contributed by atoms with Crippen molar-refractivity contribution >= 4 is 11.6 Å². The molecule has 1 saturated carbocycles. The second-order valence-corrected chi connectivity index (χ2v) is 5.29. The van der Waals surface area contributed by atoms with Gasteiger partial charge >= 0.3 is 0 Å². The number of hydrogen-bond acceptors (Lipinski definition) is 3. The van der Waals surface area contributed by atoms with Crippen molar-refractivity contribution in [3.63, 3.8) is 0 Å². The lowest BCUT2D eigenvalue weighted by Crippen LogP contribution is -2.12. The van der Waals surface area contributed by atoms with Gasteiger partial charge in [-0.3, -0.25) is 4.79 Å². The summed E-state index contributed by atoms with van der Waals surface area (Å²) in [5.41, 5.74) is 0.802. The van der Waals surface area contributed by atoms with Crippen molar-refractivity contribution in [1.29, 1.82) is 0 Å². The predicted octanol–water partition coefficient (Wildman–Crippen LogP) is 4.23. The fourth-order valence-corrected chi connectivity index (χ4v) is 2.10. The van der Waals surface area contributed by atoms with Crippen LogP contribution in [0.1, 0.15) is 19.8 Å². The van der Waals surface area contributed by atoms with Gasteiger partial charge in [0, 0.05) is 11.6 Å². The standard InChI is InChI=1S/C18H19NO3/c1-2-21-15-9-11-17(12-10-15)22-16-7-5-14(6-8-16)19-18(20)13-3-4-13/h5-13H,2-4H2,1H3,(H,19,20). The van der Waals surface area contributed by atoms with Crippen LogP contribution < -0.4 is 14.8 Å². The van der Waals surface area contributed by atoms with Crippen LogP contribution in [0, 0.1) is 5.92 Å². The molecule has 0 heterocycles. The highest BCUT2D eigenvalue weighted by molar-refractivity contribution is 5.94. The normalized spacial score (nSPS) is 13.5. The Morgan fingerprint density at radius 3 is 2.09 bits per heavy atom. The molecule has 3 rings (SSSR count). The van der Waals surface area contributed by atoms with E-state index in [1.165, 1.54) is 0 Å². The molecule has 1 N–H and O–H groups in total. The van der Waals surface area contributed by atoms with Gasteiger partial charge in [-0.15, -0.1) is 0 Å². The van der Waals surface area contributed by atoms with Gasteiger partial charge < -0.3 is 14.8 Å². The van der Waals surface area contributed by atoms with E-state index >= 15 is 0 Å². The fourth-order valence-electron chi connectivity index (χ4n) is 2.10. The molecule has 1 fully saturated rings. The van der Waals surface area contributed by atoms with Crippen LogP contribution in [-0.4, -0.2) is 12.5 Å². The Morgan fingerprint density at radius 1 is 1.00 bits per heavy atom. The molecule has 4 nitrogen and oxygen atoms in total. The second-order valence-electron chi connectivity index (χ2n) is 5.29. The minimum Gasteiger partial charge on any atom is -0.494 e. The quantitative estimate of drug-likeness (QED) is 0.868. The first-order valence-electron chi connectivity index (χ1n) is 7.56. The van der Waals surface area contributed by atoms with Gasteiger partial charge in [0.1, 0.15) is 17.2 Å². The molecule has 1 aliphatic rings. The number of carbonyl (C=O) groups is 1. The summed E-state index contributed by atoms with van der Waals surface area (Å²) in [7, 11) is 0. The number of rotatable bonds is 6. The van der Waals surface area contributed by atoms with Crippen molar-refractivity contribution in [3.05, 3.63) is 48.5 Å². The number of ether oxygens (including phenoxy) is 2. The van der Waals surface area contributed by atoms with E-state index in [0.717, 1.165) is 35.8 Å². The maximum absolute atomic E-state index is 11.7. The van der Waals surface area contributed by atoms with Crippen molar-refractivity contribution in [1.82, 2.24) is 0 Å². The summed E-state index contributed by atoms with van der Waals surface area (Å²) >= 11 is 0. The molecular formula is C18H19NO3. The summed E-state index contributed by atoms with van der Waals surface area (Å²) in [5.74, 6) is 2.62. The molecule has 0 bridgehead atoms. The first-order chi connectivity index (χ1) is 10.7. The molecule has 1 aliphatic carbocycles. The van der Waals surface area contributed by atoms with Crippen LogP contribution in [0.4, 0.5) is 5.69 Å². The summed E-state index contributed by atoms with van der Waals surface area (Å²) < 4.78 is 11.2. The third-order valence-corrected chi connectivity index (χ3v) is 3.44. The summed E-state index contributed by atoms with van der Waals surface area (Å²) in [5, 5.41) is 2.91. The summed E-state index contributed by atoms with van der Waals surface area (Å²) in [6.45, 7) is 2.60. The van der Waals surface area contributed by atoms with Crippen molar-refractivity contribution in [2.24, 2.45) is 5.92 Å². The van der Waals surface area contributed by atoms with E-state index in [4.69, 9.17) is 9.47 Å². The van der Waals surface area contributed by atoms with Gasteiger partial charge in [-0.05, 0) is 68.3 Å². The van der Waals surface area contributed by atoms with E-state index in [1.54, 1.807) is 0 Å². The number of anilines is 1. The van der Waals surface area contributed by atoms with Gasteiger partial charge in [-0.2, -0.15) is 0 Å². The fraction of sp³-hybridized carbons (Fsp3) is 0.278. The molecule has 0 aliphatic heterocycles. The number of nitrogens with one attached hydrogen (secondary N) is 1. The molecule has 0 atom stereocenters. The third-order valence-electron chi connectivity index (χ3n) is 3.44. The van der Waals surface area contributed by atoms with E-state index in [2.05, 4.69) is 5.32 Å². The van der Waals surface area contributed by atoms with Gasteiger partial charge in [-0.1, -0.05) is 0 Å². The molecule has 22 heavy (non-hydrogen) atoms. The lowest BCUT2D eigenvalue weighted by atomic mass is 10.2.